The highest BCUT2D eigenvalue weighted by Gasteiger charge is 2.70. The van der Waals surface area contributed by atoms with Crippen molar-refractivity contribution >= 4 is 21.9 Å². The molecular formula is C22H24F2N4O3S. The molecule has 1 spiro atoms. The van der Waals surface area contributed by atoms with Gasteiger partial charge in [0.15, 0.2) is 0 Å². The van der Waals surface area contributed by atoms with Crippen LogP contribution in [0.25, 0.3) is 17.2 Å². The molecule has 0 radical (unpaired) electrons. The molecule has 2 aliphatic carbocycles. The fraction of sp³-hybridized carbons (Fsp3) is 0.455. The van der Waals surface area contributed by atoms with E-state index < -0.39 is 28.3 Å². The van der Waals surface area contributed by atoms with Crippen LogP contribution in [-0.2, 0) is 23.5 Å². The van der Waals surface area contributed by atoms with Crippen molar-refractivity contribution in [1.82, 2.24) is 14.3 Å². The van der Waals surface area contributed by atoms with E-state index in [4.69, 9.17) is 4.11 Å². The average molecular weight is 466 g/mol. The summed E-state index contributed by atoms with van der Waals surface area (Å²) < 4.78 is 78.3. The van der Waals surface area contributed by atoms with Gasteiger partial charge in [0.1, 0.15) is 10.7 Å². The number of hydrogen-bond donors (Lipinski definition) is 1. The fourth-order valence-electron chi connectivity index (χ4n) is 4.87. The molecule has 2 aromatic heterocycles. The summed E-state index contributed by atoms with van der Waals surface area (Å²) >= 11 is 0. The molecule has 1 saturated carbocycles. The molecule has 0 unspecified atom stereocenters. The van der Waals surface area contributed by atoms with Crippen LogP contribution in [-0.4, -0.2) is 44.0 Å². The van der Waals surface area contributed by atoms with Gasteiger partial charge < -0.3 is 9.47 Å². The van der Waals surface area contributed by atoms with Gasteiger partial charge in [0.05, 0.1) is 0 Å². The van der Waals surface area contributed by atoms with Crippen LogP contribution in [0, 0.1) is 5.41 Å². The second-order valence-corrected chi connectivity index (χ2v) is 10.4. The Labute approximate surface area is 189 Å². The summed E-state index contributed by atoms with van der Waals surface area (Å²) in [5.74, 6) is -2.25. The van der Waals surface area contributed by atoms with E-state index in [-0.39, 0.29) is 29.7 Å². The number of nitrogens with zero attached hydrogens (tertiary/aromatic N) is 3. The van der Waals surface area contributed by atoms with Crippen molar-refractivity contribution in [3.05, 3.63) is 46.0 Å². The van der Waals surface area contributed by atoms with Gasteiger partial charge >= 0.3 is 0 Å². The van der Waals surface area contributed by atoms with Crippen molar-refractivity contribution in [2.24, 2.45) is 12.5 Å². The molecule has 7 nitrogen and oxygen atoms in total. The van der Waals surface area contributed by atoms with Gasteiger partial charge in [0.25, 0.3) is 11.5 Å². The minimum Gasteiger partial charge on any atom is -0.356 e. The Morgan fingerprint density at radius 2 is 1.97 bits per heavy atom. The molecule has 3 aliphatic rings. The lowest BCUT2D eigenvalue weighted by atomic mass is 9.92. The number of alkyl halides is 2. The normalized spacial score (nSPS) is 22.3. The third-order valence-corrected chi connectivity index (χ3v) is 8.04. The van der Waals surface area contributed by atoms with Crippen molar-refractivity contribution in [3.8, 4) is 11.1 Å². The monoisotopic (exact) mass is 465 g/mol. The number of nitrogens with one attached hydrogen (secondary N) is 1. The predicted molar refractivity (Wildman–Crippen MR) is 117 cm³/mol. The minimum absolute atomic E-state index is 0.120. The number of halogens is 2. The molecule has 0 aromatic carbocycles. The summed E-state index contributed by atoms with van der Waals surface area (Å²) in [6.45, 7) is -2.30. The predicted octanol–water partition coefficient (Wildman–Crippen LogP) is 2.55. The van der Waals surface area contributed by atoms with Gasteiger partial charge in [-0.05, 0) is 37.9 Å². The molecule has 3 heterocycles. The van der Waals surface area contributed by atoms with Crippen molar-refractivity contribution in [2.45, 2.75) is 36.5 Å². The van der Waals surface area contributed by atoms with E-state index in [2.05, 4.69) is 4.98 Å². The summed E-state index contributed by atoms with van der Waals surface area (Å²) in [4.78, 5) is 18.5. The average Bonchev–Trinajstić information content (AvgIpc) is 3.09. The second-order valence-electron chi connectivity index (χ2n) is 8.75. The standard InChI is InChI=1S/C22H24F2N4O3S/c1-25-32(30,31)14-10-17(18-12-27(2)20(29)16-5-3-4-15(16)18)19(26-11-14)28-8-6-21(7-9-28)13-22(21,23)24/h3-4,10-12,25H,5-9,13H2,1-2H3/i1D3. The van der Waals surface area contributed by atoms with Gasteiger partial charge in [0.2, 0.25) is 10.0 Å². The maximum Gasteiger partial charge on any atom is 0.254 e. The molecule has 1 saturated heterocycles. The van der Waals surface area contributed by atoms with E-state index in [1.165, 1.54) is 10.6 Å². The van der Waals surface area contributed by atoms with Crippen LogP contribution < -0.4 is 15.2 Å². The van der Waals surface area contributed by atoms with Crippen LogP contribution in [0.3, 0.4) is 0 Å². The zero-order valence-electron chi connectivity index (χ0n) is 20.4. The summed E-state index contributed by atoms with van der Waals surface area (Å²) in [6, 6.07) is 1.33. The Kier molecular flexibility index (Phi) is 3.89. The molecule has 0 bridgehead atoms. The van der Waals surface area contributed by atoms with E-state index in [1.54, 1.807) is 24.0 Å². The molecule has 2 fully saturated rings. The van der Waals surface area contributed by atoms with Gasteiger partial charge in [-0.15, -0.1) is 0 Å². The molecule has 1 aliphatic heterocycles. The summed E-state index contributed by atoms with van der Waals surface area (Å²) in [5.41, 5.74) is 0.984. The lowest BCUT2D eigenvalue weighted by Crippen LogP contribution is -2.37. The molecule has 32 heavy (non-hydrogen) atoms. The smallest absolute Gasteiger partial charge is 0.254 e. The highest BCUT2D eigenvalue weighted by atomic mass is 32.2. The van der Waals surface area contributed by atoms with Gasteiger partial charge in [0, 0.05) is 65.2 Å². The van der Waals surface area contributed by atoms with Crippen LogP contribution in [0.2, 0.25) is 0 Å². The molecule has 170 valence electrons. The van der Waals surface area contributed by atoms with Gasteiger partial charge in [-0.2, -0.15) is 0 Å². The van der Waals surface area contributed by atoms with Gasteiger partial charge in [-0.1, -0.05) is 12.2 Å². The van der Waals surface area contributed by atoms with Crippen LogP contribution in [0.15, 0.2) is 34.2 Å². The first-order valence-electron chi connectivity index (χ1n) is 11.8. The van der Waals surface area contributed by atoms with E-state index in [0.717, 1.165) is 6.20 Å². The number of hydrogen-bond acceptors (Lipinski definition) is 5. The van der Waals surface area contributed by atoms with E-state index in [0.29, 0.717) is 47.6 Å². The number of piperidine rings is 1. The Morgan fingerprint density at radius 1 is 1.25 bits per heavy atom. The van der Waals surface area contributed by atoms with Crippen molar-refractivity contribution < 1.29 is 21.3 Å². The number of pyridine rings is 2. The maximum absolute atomic E-state index is 13.9. The number of anilines is 1. The van der Waals surface area contributed by atoms with E-state index >= 15 is 0 Å². The van der Waals surface area contributed by atoms with Gasteiger partial charge in [-0.25, -0.2) is 26.9 Å². The Morgan fingerprint density at radius 3 is 2.62 bits per heavy atom. The Balaban J connectivity index is 1.63. The first kappa shape index (κ1) is 17.9. The van der Waals surface area contributed by atoms with E-state index in [1.807, 2.05) is 11.0 Å². The minimum atomic E-state index is -4.43. The third-order valence-electron chi connectivity index (χ3n) is 6.93. The highest BCUT2D eigenvalue weighted by molar-refractivity contribution is 7.89. The number of fused-ring (bicyclic) bond motifs is 1. The molecule has 10 heteroatoms. The number of allylic oxidation sites excluding steroid dienone is 1. The van der Waals surface area contributed by atoms with Crippen LogP contribution in [0.5, 0.6) is 0 Å². The number of sulfonamides is 1. The number of aryl methyl sites for hydroxylation is 1. The molecular weight excluding hydrogens is 438 g/mol. The number of aromatic nitrogens is 2. The highest BCUT2D eigenvalue weighted by Crippen LogP contribution is 2.66. The molecule has 0 amide bonds. The fourth-order valence-corrected chi connectivity index (χ4v) is 5.46. The molecule has 0 atom stereocenters. The quantitative estimate of drug-likeness (QED) is 0.750. The third kappa shape index (κ3) is 3.11. The Bertz CT molecular complexity index is 1410. The number of rotatable bonds is 4. The summed E-state index contributed by atoms with van der Waals surface area (Å²) in [5, 5.41) is 0. The maximum atomic E-state index is 13.9. The lowest BCUT2D eigenvalue weighted by molar-refractivity contribution is 0.0536. The lowest BCUT2D eigenvalue weighted by Gasteiger charge is -2.34. The zero-order valence-corrected chi connectivity index (χ0v) is 18.2. The molecule has 1 N–H and O–H groups in total. The van der Waals surface area contributed by atoms with Gasteiger partial charge in [-0.3, -0.25) is 4.79 Å². The zero-order chi connectivity index (χ0) is 25.4. The van der Waals surface area contributed by atoms with Crippen LogP contribution >= 0.6 is 0 Å². The molecule has 5 rings (SSSR count). The first-order chi connectivity index (χ1) is 16.2. The summed E-state index contributed by atoms with van der Waals surface area (Å²) in [7, 11) is -2.84. The first-order valence-corrected chi connectivity index (χ1v) is 11.8. The molecule has 2 aromatic rings. The van der Waals surface area contributed by atoms with E-state index in [9.17, 15) is 22.0 Å². The largest absolute Gasteiger partial charge is 0.356 e. The van der Waals surface area contributed by atoms with Crippen LogP contribution in [0.1, 0.15) is 34.5 Å². The van der Waals surface area contributed by atoms with Crippen LogP contribution in [0.4, 0.5) is 14.6 Å². The summed E-state index contributed by atoms with van der Waals surface area (Å²) in [6.07, 6.45) is 7.16. The van der Waals surface area contributed by atoms with Crippen molar-refractivity contribution in [1.29, 1.82) is 0 Å². The Hall–Kier alpha value is -2.59. The van der Waals surface area contributed by atoms with Crippen molar-refractivity contribution in [2.75, 3.05) is 25.0 Å². The second kappa shape index (κ2) is 6.95. The topological polar surface area (TPSA) is 84.3 Å². The SMILES string of the molecule is [2H]C([2H])([2H])NS(=O)(=O)c1cnc(N2CCC3(CC2)CC3(F)F)c(-c2cn(C)c(=O)c3c2C=CC3)c1. The van der Waals surface area contributed by atoms with Crippen molar-refractivity contribution in [3.63, 3.8) is 0 Å².